The fourth-order valence-corrected chi connectivity index (χ4v) is 7.23. The van der Waals surface area contributed by atoms with Gasteiger partial charge in [-0.2, -0.15) is 35.9 Å². The average molecular weight is 627 g/mol. The maximum absolute atomic E-state index is 3.30. The first kappa shape index (κ1) is 30.1. The van der Waals surface area contributed by atoms with E-state index in [0.29, 0.717) is 0 Å². The predicted molar refractivity (Wildman–Crippen MR) is 152 cm³/mol. The molecular formula is C34H25Cl2PZr. The van der Waals surface area contributed by atoms with Crippen LogP contribution in [-0.4, -0.2) is 0 Å². The maximum Gasteiger partial charge on any atom is 4.00 e. The number of hydrogen-bond donors (Lipinski definition) is 0. The van der Waals surface area contributed by atoms with Crippen LogP contribution in [0.2, 0.25) is 0 Å². The van der Waals surface area contributed by atoms with Crippen molar-refractivity contribution >= 4 is 34.6 Å². The van der Waals surface area contributed by atoms with Crippen molar-refractivity contribution in [3.05, 3.63) is 157 Å². The number of hydrogen-bond acceptors (Lipinski definition) is 0. The van der Waals surface area contributed by atoms with Gasteiger partial charge in [0.1, 0.15) is 0 Å². The molecule has 0 radical (unpaired) electrons. The zero-order valence-corrected chi connectivity index (χ0v) is 25.6. The quantitative estimate of drug-likeness (QED) is 0.206. The van der Waals surface area contributed by atoms with E-state index in [1.807, 2.05) is 6.07 Å². The van der Waals surface area contributed by atoms with Crippen LogP contribution in [0.25, 0.3) is 21.9 Å². The topological polar surface area (TPSA) is 0 Å². The molecule has 7 rings (SSSR count). The van der Waals surface area contributed by atoms with Gasteiger partial charge in [0.05, 0.1) is 0 Å². The SMILES string of the molecule is [Cl-].[Cl-].[Zr+4].[c-]1cccc2c1Cc1ccccc1-2.c1ccc(P(c2ccccc2)c2cc3ccccc3[cH-]2)cc1. The third-order valence-electron chi connectivity index (χ3n) is 6.51. The van der Waals surface area contributed by atoms with E-state index < -0.39 is 7.92 Å². The van der Waals surface area contributed by atoms with Gasteiger partial charge in [-0.25, -0.2) is 0 Å². The molecule has 0 N–H and O–H groups in total. The van der Waals surface area contributed by atoms with Crippen molar-refractivity contribution in [2.24, 2.45) is 0 Å². The molecule has 0 amide bonds. The largest absolute Gasteiger partial charge is 4.00 e. The second-order valence-corrected chi connectivity index (χ2v) is 11.0. The van der Waals surface area contributed by atoms with Crippen molar-refractivity contribution in [2.75, 3.05) is 0 Å². The molecule has 0 heterocycles. The van der Waals surface area contributed by atoms with Crippen LogP contribution in [0.4, 0.5) is 0 Å². The molecule has 0 fully saturated rings. The Labute approximate surface area is 258 Å². The smallest absolute Gasteiger partial charge is 1.00 e. The van der Waals surface area contributed by atoms with E-state index in [4.69, 9.17) is 0 Å². The van der Waals surface area contributed by atoms with Crippen molar-refractivity contribution in [2.45, 2.75) is 6.42 Å². The molecule has 6 aromatic carbocycles. The van der Waals surface area contributed by atoms with Gasteiger partial charge in [0.2, 0.25) is 0 Å². The summed E-state index contributed by atoms with van der Waals surface area (Å²) in [7, 11) is -0.493. The Hall–Kier alpha value is -2.40. The Kier molecular flexibility index (Phi) is 11.2. The van der Waals surface area contributed by atoms with Crippen LogP contribution in [0.1, 0.15) is 11.1 Å². The Morgan fingerprint density at radius 2 is 1.18 bits per heavy atom. The van der Waals surface area contributed by atoms with Gasteiger partial charge >= 0.3 is 26.2 Å². The van der Waals surface area contributed by atoms with E-state index >= 15 is 0 Å². The van der Waals surface area contributed by atoms with Crippen LogP contribution in [0.5, 0.6) is 0 Å². The Balaban J connectivity index is 0.000000216. The standard InChI is InChI=1S/C21H16P.C13H9.2ClH.Zr/c1-3-11-19(12-4-1)22(20-13-5-2-6-14-20)21-15-17-9-7-8-10-18(17)16-21;1-3-7-12-10(5-1)9-11-6-2-4-8-13(11)12;;;/h1-16H;1-5,7-8H,9H2;2*1H;/q2*-1;;;+4/p-2. The molecule has 0 saturated heterocycles. The molecule has 1 aliphatic rings. The summed E-state index contributed by atoms with van der Waals surface area (Å²) in [5, 5.41) is 6.89. The Bertz CT molecular complexity index is 1460. The summed E-state index contributed by atoms with van der Waals surface area (Å²) in [6.45, 7) is 0. The molecular weight excluding hydrogens is 601 g/mol. The van der Waals surface area contributed by atoms with Gasteiger partial charge in [-0.05, 0) is 25.0 Å². The molecule has 0 aromatic heterocycles. The molecule has 184 valence electrons. The third-order valence-corrected chi connectivity index (χ3v) is 8.91. The molecule has 1 aliphatic carbocycles. The van der Waals surface area contributed by atoms with E-state index in [2.05, 4.69) is 140 Å². The molecule has 0 spiro atoms. The van der Waals surface area contributed by atoms with Gasteiger partial charge in [-0.1, -0.05) is 102 Å². The normalized spacial score (nSPS) is 10.7. The minimum atomic E-state index is -0.493. The van der Waals surface area contributed by atoms with Crippen molar-refractivity contribution in [1.82, 2.24) is 0 Å². The second kappa shape index (κ2) is 14.1. The van der Waals surface area contributed by atoms with Crippen LogP contribution in [0.3, 0.4) is 0 Å². The van der Waals surface area contributed by atoms with Crippen LogP contribution in [-0.2, 0) is 32.6 Å². The minimum absolute atomic E-state index is 0. The molecule has 4 heteroatoms. The number of halogens is 2. The van der Waals surface area contributed by atoms with Crippen LogP contribution >= 0.6 is 7.92 Å². The van der Waals surface area contributed by atoms with Crippen molar-refractivity contribution in [1.29, 1.82) is 0 Å². The van der Waals surface area contributed by atoms with E-state index in [-0.39, 0.29) is 51.0 Å². The third kappa shape index (κ3) is 6.42. The molecule has 0 bridgehead atoms. The Morgan fingerprint density at radius 1 is 0.605 bits per heavy atom. The van der Waals surface area contributed by atoms with Crippen LogP contribution in [0.15, 0.2) is 140 Å². The number of benzene rings is 5. The first-order valence-corrected chi connectivity index (χ1v) is 13.3. The summed E-state index contributed by atoms with van der Waals surface area (Å²) < 4.78 is 0. The molecule has 38 heavy (non-hydrogen) atoms. The molecule has 0 nitrogen and oxygen atoms in total. The van der Waals surface area contributed by atoms with Crippen LogP contribution in [0, 0.1) is 6.07 Å². The fourth-order valence-electron chi connectivity index (χ4n) is 4.86. The summed E-state index contributed by atoms with van der Waals surface area (Å²) >= 11 is 0. The Morgan fingerprint density at radius 3 is 1.87 bits per heavy atom. The number of fused-ring (bicyclic) bond motifs is 4. The summed E-state index contributed by atoms with van der Waals surface area (Å²) in [5.41, 5.74) is 5.51. The summed E-state index contributed by atoms with van der Waals surface area (Å²) in [5.74, 6) is 0. The average Bonchev–Trinajstić information content (AvgIpc) is 3.52. The van der Waals surface area contributed by atoms with E-state index in [1.54, 1.807) is 0 Å². The van der Waals surface area contributed by atoms with Gasteiger partial charge in [0.15, 0.2) is 0 Å². The zero-order valence-electron chi connectivity index (χ0n) is 20.7. The van der Waals surface area contributed by atoms with Crippen LogP contribution < -0.4 is 40.7 Å². The fraction of sp³-hybridized carbons (Fsp3) is 0.0294. The molecule has 0 unspecified atom stereocenters. The first-order valence-electron chi connectivity index (χ1n) is 12.0. The first-order chi connectivity index (χ1) is 17.4. The maximum atomic E-state index is 3.30. The predicted octanol–water partition coefficient (Wildman–Crippen LogP) is 1.38. The minimum Gasteiger partial charge on any atom is -1.00 e. The van der Waals surface area contributed by atoms with Gasteiger partial charge < -0.3 is 24.8 Å². The second-order valence-electron chi connectivity index (χ2n) is 8.75. The summed E-state index contributed by atoms with van der Waals surface area (Å²) in [6, 6.07) is 53.1. The van der Waals surface area contributed by atoms with E-state index in [9.17, 15) is 0 Å². The monoisotopic (exact) mass is 624 g/mol. The van der Waals surface area contributed by atoms with Gasteiger partial charge in [0, 0.05) is 0 Å². The summed E-state index contributed by atoms with van der Waals surface area (Å²) in [6.07, 6.45) is 1.05. The number of rotatable bonds is 3. The molecule has 0 aliphatic heterocycles. The zero-order chi connectivity index (χ0) is 23.5. The molecule has 0 saturated carbocycles. The molecule has 0 atom stereocenters. The van der Waals surface area contributed by atoms with Crippen molar-refractivity contribution in [3.8, 4) is 11.1 Å². The summed E-state index contributed by atoms with van der Waals surface area (Å²) in [4.78, 5) is 0. The van der Waals surface area contributed by atoms with Gasteiger partial charge in [0.25, 0.3) is 0 Å². The molecule has 6 aromatic rings. The van der Waals surface area contributed by atoms with Crippen molar-refractivity contribution in [3.63, 3.8) is 0 Å². The van der Waals surface area contributed by atoms with Gasteiger partial charge in [-0.15, -0.1) is 45.9 Å². The van der Waals surface area contributed by atoms with Crippen molar-refractivity contribution < 1.29 is 51.0 Å². The van der Waals surface area contributed by atoms with Gasteiger partial charge in [-0.3, -0.25) is 0 Å². The van der Waals surface area contributed by atoms with E-state index in [0.717, 1.165) is 6.42 Å². The van der Waals surface area contributed by atoms with E-state index in [1.165, 1.54) is 48.9 Å².